The number of hydrogen-bond donors (Lipinski definition) is 1. The first kappa shape index (κ1) is 14.4. The number of carbonyl (C=O) groups is 1. The third kappa shape index (κ3) is 3.05. The molecule has 3 rings (SSSR count). The van der Waals surface area contributed by atoms with Crippen molar-refractivity contribution >= 4 is 11.6 Å². The van der Waals surface area contributed by atoms with Crippen LogP contribution in [0.2, 0.25) is 0 Å². The minimum absolute atomic E-state index is 0.302. The summed E-state index contributed by atoms with van der Waals surface area (Å²) in [5.74, 6) is 0.302. The summed E-state index contributed by atoms with van der Waals surface area (Å²) >= 11 is 0. The number of rotatable bonds is 3. The Hall–Kier alpha value is -1.56. The summed E-state index contributed by atoms with van der Waals surface area (Å²) in [6.45, 7) is 10.4. The first-order chi connectivity index (χ1) is 10.1. The van der Waals surface area contributed by atoms with Crippen LogP contribution in [0.25, 0.3) is 0 Å². The molecule has 1 aromatic rings. The van der Waals surface area contributed by atoms with Crippen LogP contribution >= 0.6 is 0 Å². The topological polar surface area (TPSA) is 55.5 Å². The number of piperazine rings is 1. The van der Waals surface area contributed by atoms with E-state index in [4.69, 9.17) is 0 Å². The molecule has 1 aromatic heterocycles. The van der Waals surface area contributed by atoms with E-state index in [9.17, 15) is 4.79 Å². The number of nitrogens with one attached hydrogen (secondary N) is 1. The number of amides is 1. The molecule has 2 aliphatic rings. The van der Waals surface area contributed by atoms with Crippen molar-refractivity contribution < 1.29 is 4.79 Å². The van der Waals surface area contributed by atoms with Gasteiger partial charge in [0.25, 0.3) is 0 Å². The Balaban J connectivity index is 1.52. The second kappa shape index (κ2) is 6.05. The van der Waals surface area contributed by atoms with Crippen molar-refractivity contribution in [1.29, 1.82) is 0 Å². The summed E-state index contributed by atoms with van der Waals surface area (Å²) in [6, 6.07) is 0. The van der Waals surface area contributed by atoms with Gasteiger partial charge in [-0.15, -0.1) is 0 Å². The van der Waals surface area contributed by atoms with Gasteiger partial charge in [0.15, 0.2) is 0 Å². The lowest BCUT2D eigenvalue weighted by atomic mass is 10.2. The van der Waals surface area contributed by atoms with Crippen LogP contribution in [-0.2, 0) is 4.79 Å². The van der Waals surface area contributed by atoms with Crippen molar-refractivity contribution in [1.82, 2.24) is 20.0 Å². The molecule has 1 N–H and O–H groups in total. The lowest BCUT2D eigenvalue weighted by Gasteiger charge is -2.36. The van der Waals surface area contributed by atoms with Gasteiger partial charge in [-0.2, -0.15) is 5.10 Å². The van der Waals surface area contributed by atoms with E-state index < -0.39 is 0 Å². The molecule has 21 heavy (non-hydrogen) atoms. The number of hydrogen-bond acceptors (Lipinski definition) is 4. The minimum atomic E-state index is 0.302. The highest BCUT2D eigenvalue weighted by atomic mass is 16.2. The SMILES string of the molecule is Cc1n[nH]c(C)c1N1CCN(CC(=O)N2CCCC2)CC1. The highest BCUT2D eigenvalue weighted by Gasteiger charge is 2.25. The molecule has 0 bridgehead atoms. The number of aryl methyl sites for hydroxylation is 2. The molecule has 0 spiro atoms. The zero-order valence-electron chi connectivity index (χ0n) is 13.1. The monoisotopic (exact) mass is 291 g/mol. The number of aromatic amines is 1. The van der Waals surface area contributed by atoms with Crippen LogP contribution in [0.15, 0.2) is 0 Å². The van der Waals surface area contributed by atoms with Crippen LogP contribution in [0, 0.1) is 13.8 Å². The van der Waals surface area contributed by atoms with Crippen molar-refractivity contribution in [3.8, 4) is 0 Å². The molecule has 0 atom stereocenters. The zero-order chi connectivity index (χ0) is 14.8. The Morgan fingerprint density at radius 1 is 1.10 bits per heavy atom. The third-order valence-corrected chi connectivity index (χ3v) is 4.60. The lowest BCUT2D eigenvalue weighted by Crippen LogP contribution is -2.50. The van der Waals surface area contributed by atoms with Crippen molar-refractivity contribution in [2.24, 2.45) is 0 Å². The van der Waals surface area contributed by atoms with Crippen molar-refractivity contribution in [3.63, 3.8) is 0 Å². The number of nitrogens with zero attached hydrogens (tertiary/aromatic N) is 4. The van der Waals surface area contributed by atoms with E-state index in [1.807, 2.05) is 11.8 Å². The molecule has 0 saturated carbocycles. The van der Waals surface area contributed by atoms with Crippen LogP contribution in [0.3, 0.4) is 0 Å². The second-order valence-corrected chi connectivity index (χ2v) is 6.13. The maximum absolute atomic E-state index is 12.2. The van der Waals surface area contributed by atoms with E-state index in [2.05, 4.69) is 26.9 Å². The van der Waals surface area contributed by atoms with Gasteiger partial charge in [0.05, 0.1) is 23.6 Å². The molecule has 0 aliphatic carbocycles. The normalized spacial score (nSPS) is 20.3. The van der Waals surface area contributed by atoms with E-state index in [0.29, 0.717) is 12.5 Å². The van der Waals surface area contributed by atoms with Crippen molar-refractivity contribution in [3.05, 3.63) is 11.4 Å². The van der Waals surface area contributed by atoms with Crippen LogP contribution in [-0.4, -0.2) is 71.7 Å². The number of likely N-dealkylation sites (tertiary alicyclic amines) is 1. The standard InChI is InChI=1S/C15H25N5O/c1-12-15(13(2)17-16-12)20-9-7-18(8-10-20)11-14(21)19-5-3-4-6-19/h3-11H2,1-2H3,(H,16,17). The maximum atomic E-state index is 12.2. The fourth-order valence-electron chi connectivity index (χ4n) is 3.40. The number of aromatic nitrogens is 2. The number of carbonyl (C=O) groups excluding carboxylic acids is 1. The number of anilines is 1. The van der Waals surface area contributed by atoms with Gasteiger partial charge in [-0.3, -0.25) is 14.8 Å². The van der Waals surface area contributed by atoms with Gasteiger partial charge in [0.2, 0.25) is 5.91 Å². The van der Waals surface area contributed by atoms with Crippen molar-refractivity contribution in [2.45, 2.75) is 26.7 Å². The van der Waals surface area contributed by atoms with E-state index in [0.717, 1.165) is 50.7 Å². The Morgan fingerprint density at radius 3 is 2.33 bits per heavy atom. The fraction of sp³-hybridized carbons (Fsp3) is 0.733. The first-order valence-corrected chi connectivity index (χ1v) is 7.92. The molecular formula is C15H25N5O. The highest BCUT2D eigenvalue weighted by molar-refractivity contribution is 5.78. The Morgan fingerprint density at radius 2 is 1.76 bits per heavy atom. The second-order valence-electron chi connectivity index (χ2n) is 6.13. The Labute approximate surface area is 126 Å². The quantitative estimate of drug-likeness (QED) is 0.894. The third-order valence-electron chi connectivity index (χ3n) is 4.60. The predicted octanol–water partition coefficient (Wildman–Crippen LogP) is 0.771. The van der Waals surface area contributed by atoms with E-state index in [1.54, 1.807) is 0 Å². The van der Waals surface area contributed by atoms with Gasteiger partial charge in [-0.25, -0.2) is 0 Å². The van der Waals surface area contributed by atoms with Crippen LogP contribution < -0.4 is 4.90 Å². The predicted molar refractivity (Wildman–Crippen MR) is 82.5 cm³/mol. The molecule has 2 aliphatic heterocycles. The Kier molecular flexibility index (Phi) is 4.14. The summed E-state index contributed by atoms with van der Waals surface area (Å²) in [7, 11) is 0. The van der Waals surface area contributed by atoms with Gasteiger partial charge in [-0.1, -0.05) is 0 Å². The van der Waals surface area contributed by atoms with E-state index >= 15 is 0 Å². The van der Waals surface area contributed by atoms with Gasteiger partial charge in [-0.05, 0) is 26.7 Å². The molecule has 0 aromatic carbocycles. The fourth-order valence-corrected chi connectivity index (χ4v) is 3.40. The molecule has 6 heteroatoms. The molecule has 3 heterocycles. The molecule has 6 nitrogen and oxygen atoms in total. The van der Waals surface area contributed by atoms with E-state index in [1.165, 1.54) is 18.5 Å². The summed E-state index contributed by atoms with van der Waals surface area (Å²) in [5.41, 5.74) is 3.43. The molecule has 0 unspecified atom stereocenters. The van der Waals surface area contributed by atoms with Gasteiger partial charge in [0, 0.05) is 39.3 Å². The molecule has 2 fully saturated rings. The first-order valence-electron chi connectivity index (χ1n) is 7.92. The zero-order valence-corrected chi connectivity index (χ0v) is 13.1. The van der Waals surface area contributed by atoms with Gasteiger partial charge >= 0.3 is 0 Å². The number of H-pyrrole nitrogens is 1. The smallest absolute Gasteiger partial charge is 0.236 e. The molecule has 116 valence electrons. The van der Waals surface area contributed by atoms with Gasteiger partial charge in [0.1, 0.15) is 0 Å². The summed E-state index contributed by atoms with van der Waals surface area (Å²) < 4.78 is 0. The summed E-state index contributed by atoms with van der Waals surface area (Å²) in [4.78, 5) is 18.9. The Bertz CT molecular complexity index is 479. The van der Waals surface area contributed by atoms with Crippen LogP contribution in [0.4, 0.5) is 5.69 Å². The van der Waals surface area contributed by atoms with Crippen LogP contribution in [0.1, 0.15) is 24.2 Å². The molecule has 1 amide bonds. The van der Waals surface area contributed by atoms with Crippen molar-refractivity contribution in [2.75, 3.05) is 50.7 Å². The summed E-state index contributed by atoms with van der Waals surface area (Å²) in [6.07, 6.45) is 2.33. The molecule has 2 saturated heterocycles. The maximum Gasteiger partial charge on any atom is 0.236 e. The van der Waals surface area contributed by atoms with Gasteiger partial charge < -0.3 is 9.80 Å². The highest BCUT2D eigenvalue weighted by Crippen LogP contribution is 2.23. The molecular weight excluding hydrogens is 266 g/mol. The summed E-state index contributed by atoms with van der Waals surface area (Å²) in [5, 5.41) is 7.32. The van der Waals surface area contributed by atoms with E-state index in [-0.39, 0.29) is 0 Å². The average Bonchev–Trinajstić information content (AvgIpc) is 3.11. The minimum Gasteiger partial charge on any atom is -0.366 e. The average molecular weight is 291 g/mol. The van der Waals surface area contributed by atoms with Crippen LogP contribution in [0.5, 0.6) is 0 Å². The largest absolute Gasteiger partial charge is 0.366 e. The lowest BCUT2D eigenvalue weighted by molar-refractivity contribution is -0.131. The molecule has 0 radical (unpaired) electrons.